The Labute approximate surface area is 146 Å². The van der Waals surface area contributed by atoms with Gasteiger partial charge in [-0.3, -0.25) is 9.69 Å². The molecular formula is C16H20Cl2N2O3. The second-order valence-corrected chi connectivity index (χ2v) is 6.62. The van der Waals surface area contributed by atoms with E-state index in [1.54, 1.807) is 18.2 Å². The largest absolute Gasteiger partial charge is 0.467 e. The quantitative estimate of drug-likeness (QED) is 0.779. The maximum atomic E-state index is 12.6. The Morgan fingerprint density at radius 2 is 1.87 bits per heavy atom. The Morgan fingerprint density at radius 3 is 2.35 bits per heavy atom. The third-order valence-corrected chi connectivity index (χ3v) is 4.81. The van der Waals surface area contributed by atoms with Crippen LogP contribution < -0.4 is 4.90 Å². The number of anilines is 1. The van der Waals surface area contributed by atoms with Crippen molar-refractivity contribution in [3.63, 3.8) is 0 Å². The fraction of sp³-hybridized carbons (Fsp3) is 0.500. The van der Waals surface area contributed by atoms with E-state index in [2.05, 4.69) is 4.90 Å². The number of benzene rings is 1. The number of nitrogens with zero attached hydrogens (tertiary/aromatic N) is 2. The predicted octanol–water partition coefficient (Wildman–Crippen LogP) is 2.98. The Bertz CT molecular complexity index is 613. The van der Waals surface area contributed by atoms with E-state index in [0.717, 1.165) is 0 Å². The molecule has 2 rings (SSSR count). The van der Waals surface area contributed by atoms with Gasteiger partial charge in [-0.15, -0.1) is 0 Å². The minimum absolute atomic E-state index is 0.260. The van der Waals surface area contributed by atoms with Gasteiger partial charge in [-0.25, -0.2) is 4.79 Å². The van der Waals surface area contributed by atoms with Crippen molar-refractivity contribution in [2.45, 2.75) is 25.3 Å². The second kappa shape index (κ2) is 7.07. The summed E-state index contributed by atoms with van der Waals surface area (Å²) in [6.07, 6.45) is 0.962. The van der Waals surface area contributed by atoms with Crippen LogP contribution in [0.5, 0.6) is 0 Å². The number of halogens is 2. The first-order valence-corrected chi connectivity index (χ1v) is 8.10. The molecule has 1 aliphatic heterocycles. The minimum Gasteiger partial charge on any atom is -0.467 e. The van der Waals surface area contributed by atoms with Gasteiger partial charge in [-0.05, 0) is 38.1 Å². The van der Waals surface area contributed by atoms with Crippen LogP contribution in [0.3, 0.4) is 0 Å². The van der Waals surface area contributed by atoms with Crippen LogP contribution in [0, 0.1) is 0 Å². The molecule has 1 heterocycles. The molecule has 1 saturated heterocycles. The van der Waals surface area contributed by atoms with Gasteiger partial charge in [-0.1, -0.05) is 23.2 Å². The highest BCUT2D eigenvalue weighted by molar-refractivity contribution is 6.37. The molecule has 0 saturated carbocycles. The van der Waals surface area contributed by atoms with E-state index >= 15 is 0 Å². The van der Waals surface area contributed by atoms with Crippen molar-refractivity contribution in [3.05, 3.63) is 28.2 Å². The number of carbonyl (C=O) groups is 2. The summed E-state index contributed by atoms with van der Waals surface area (Å²) >= 11 is 12.2. The Morgan fingerprint density at radius 1 is 1.26 bits per heavy atom. The van der Waals surface area contributed by atoms with E-state index in [1.807, 2.05) is 7.05 Å². The summed E-state index contributed by atoms with van der Waals surface area (Å²) in [6.45, 7) is 2.79. The zero-order valence-electron chi connectivity index (χ0n) is 13.4. The van der Waals surface area contributed by atoms with E-state index in [0.29, 0.717) is 41.7 Å². The predicted molar refractivity (Wildman–Crippen MR) is 91.1 cm³/mol. The number of hydrogen-bond donors (Lipinski definition) is 0. The van der Waals surface area contributed by atoms with Crippen molar-refractivity contribution in [1.82, 2.24) is 4.90 Å². The van der Waals surface area contributed by atoms with Gasteiger partial charge in [0.15, 0.2) is 0 Å². The summed E-state index contributed by atoms with van der Waals surface area (Å²) in [5, 5.41) is 0.799. The third-order valence-electron chi connectivity index (χ3n) is 4.27. The van der Waals surface area contributed by atoms with Crippen LogP contribution in [-0.4, -0.2) is 49.6 Å². The molecule has 0 unspecified atom stereocenters. The summed E-state index contributed by atoms with van der Waals surface area (Å²) < 4.78 is 5.02. The third kappa shape index (κ3) is 3.47. The van der Waals surface area contributed by atoms with Gasteiger partial charge < -0.3 is 9.64 Å². The van der Waals surface area contributed by atoms with Gasteiger partial charge >= 0.3 is 5.97 Å². The summed E-state index contributed by atoms with van der Waals surface area (Å²) in [5.74, 6) is -0.684. The van der Waals surface area contributed by atoms with Gasteiger partial charge in [-0.2, -0.15) is 0 Å². The first kappa shape index (κ1) is 18.0. The molecule has 1 amide bonds. The van der Waals surface area contributed by atoms with E-state index in [1.165, 1.54) is 18.9 Å². The number of carbonyl (C=O) groups excluding carboxylic acids is 2. The minimum atomic E-state index is -1.05. The molecule has 5 nitrogen and oxygen atoms in total. The normalized spacial score (nSPS) is 17.6. The standard InChI is InChI=1S/C16H20Cl2N2O3/c1-11(21)20(14-5-4-12(17)10-13(14)18)16(15(22)23-3)6-8-19(2)9-7-16/h4-5,10H,6-9H2,1-3H3. The van der Waals surface area contributed by atoms with Gasteiger partial charge in [0.1, 0.15) is 5.54 Å². The SMILES string of the molecule is COC(=O)C1(N(C(C)=O)c2ccc(Cl)cc2Cl)CCN(C)CC1. The monoisotopic (exact) mass is 358 g/mol. The van der Waals surface area contributed by atoms with Crippen LogP contribution in [-0.2, 0) is 14.3 Å². The molecular weight excluding hydrogens is 339 g/mol. The molecule has 1 aromatic carbocycles. The molecule has 1 aromatic rings. The fourth-order valence-electron chi connectivity index (χ4n) is 3.06. The van der Waals surface area contributed by atoms with E-state index in [9.17, 15) is 9.59 Å². The maximum Gasteiger partial charge on any atom is 0.332 e. The summed E-state index contributed by atoms with van der Waals surface area (Å²) in [4.78, 5) is 28.6. The zero-order chi connectivity index (χ0) is 17.2. The van der Waals surface area contributed by atoms with Crippen LogP contribution in [0.2, 0.25) is 10.0 Å². The molecule has 0 N–H and O–H groups in total. The van der Waals surface area contributed by atoms with E-state index in [4.69, 9.17) is 27.9 Å². The lowest BCUT2D eigenvalue weighted by Gasteiger charge is -2.45. The number of ether oxygens (including phenoxy) is 1. The van der Waals surface area contributed by atoms with Crippen molar-refractivity contribution in [3.8, 4) is 0 Å². The molecule has 0 aromatic heterocycles. The second-order valence-electron chi connectivity index (χ2n) is 5.78. The Hall–Kier alpha value is -1.30. The smallest absolute Gasteiger partial charge is 0.332 e. The molecule has 7 heteroatoms. The number of likely N-dealkylation sites (tertiary alicyclic amines) is 1. The summed E-state index contributed by atoms with van der Waals surface area (Å²) in [7, 11) is 3.32. The number of hydrogen-bond acceptors (Lipinski definition) is 4. The molecule has 23 heavy (non-hydrogen) atoms. The van der Waals surface area contributed by atoms with Crippen molar-refractivity contribution in [1.29, 1.82) is 0 Å². The average molecular weight is 359 g/mol. The first-order valence-electron chi connectivity index (χ1n) is 7.34. The topological polar surface area (TPSA) is 49.9 Å². The molecule has 0 radical (unpaired) electrons. The lowest BCUT2D eigenvalue weighted by molar-refractivity contribution is -0.150. The van der Waals surface area contributed by atoms with Gasteiger partial charge in [0.25, 0.3) is 0 Å². The highest BCUT2D eigenvalue weighted by atomic mass is 35.5. The number of piperidine rings is 1. The van der Waals surface area contributed by atoms with Gasteiger partial charge in [0.2, 0.25) is 5.91 Å². The Kier molecular flexibility index (Phi) is 5.55. The number of amides is 1. The molecule has 0 aliphatic carbocycles. The average Bonchev–Trinajstić information content (AvgIpc) is 2.50. The van der Waals surface area contributed by atoms with Crippen molar-refractivity contribution >= 4 is 40.8 Å². The highest BCUT2D eigenvalue weighted by Crippen LogP contribution is 2.38. The van der Waals surface area contributed by atoms with Crippen LogP contribution in [0.25, 0.3) is 0 Å². The van der Waals surface area contributed by atoms with Crippen molar-refractivity contribution in [2.75, 3.05) is 32.1 Å². The summed E-state index contributed by atoms with van der Waals surface area (Å²) in [6, 6.07) is 4.88. The van der Waals surface area contributed by atoms with E-state index in [-0.39, 0.29) is 5.91 Å². The first-order chi connectivity index (χ1) is 10.8. The molecule has 0 atom stereocenters. The zero-order valence-corrected chi connectivity index (χ0v) is 14.9. The number of methoxy groups -OCH3 is 1. The molecule has 126 valence electrons. The number of esters is 1. The fourth-order valence-corrected chi connectivity index (χ4v) is 3.55. The summed E-state index contributed by atoms with van der Waals surface area (Å²) in [5.41, 5.74) is -0.580. The highest BCUT2D eigenvalue weighted by Gasteiger charge is 2.49. The van der Waals surface area contributed by atoms with Crippen molar-refractivity contribution in [2.24, 2.45) is 0 Å². The van der Waals surface area contributed by atoms with Crippen LogP contribution >= 0.6 is 23.2 Å². The van der Waals surface area contributed by atoms with Crippen LogP contribution in [0.1, 0.15) is 19.8 Å². The lowest BCUT2D eigenvalue weighted by Crippen LogP contribution is -2.62. The van der Waals surface area contributed by atoms with Gasteiger partial charge in [0.05, 0.1) is 17.8 Å². The van der Waals surface area contributed by atoms with Crippen LogP contribution in [0.15, 0.2) is 18.2 Å². The molecule has 0 spiro atoms. The number of rotatable bonds is 3. The van der Waals surface area contributed by atoms with Crippen LogP contribution in [0.4, 0.5) is 5.69 Å². The van der Waals surface area contributed by atoms with Crippen molar-refractivity contribution < 1.29 is 14.3 Å². The molecule has 0 bridgehead atoms. The Balaban J connectivity index is 2.55. The lowest BCUT2D eigenvalue weighted by atomic mass is 9.85. The van der Waals surface area contributed by atoms with E-state index < -0.39 is 11.5 Å². The molecule has 1 aliphatic rings. The molecule has 1 fully saturated rings. The maximum absolute atomic E-state index is 12.6. The van der Waals surface area contributed by atoms with Gasteiger partial charge in [0, 0.05) is 25.0 Å².